The lowest BCUT2D eigenvalue weighted by molar-refractivity contribution is 0.142. The summed E-state index contributed by atoms with van der Waals surface area (Å²) < 4.78 is 11.2. The molecular weight excluding hydrogens is 466 g/mol. The first-order valence-corrected chi connectivity index (χ1v) is 11.5. The number of rotatable bonds is 8. The number of H-pyrrole nitrogens is 1. The van der Waals surface area contributed by atoms with Crippen LogP contribution < -0.4 is 14.8 Å². The van der Waals surface area contributed by atoms with Crippen LogP contribution >= 0.6 is 11.6 Å². The number of fused-ring (bicyclic) bond motifs is 2. The molecule has 2 heterocycles. The highest BCUT2D eigenvalue weighted by atomic mass is 35.5. The molecule has 8 heteroatoms. The van der Waals surface area contributed by atoms with Crippen molar-refractivity contribution in [3.63, 3.8) is 0 Å². The average Bonchev–Trinajstić information content (AvgIpc) is 3.20. The summed E-state index contributed by atoms with van der Waals surface area (Å²) in [5.41, 5.74) is 2.92. The van der Waals surface area contributed by atoms with Gasteiger partial charge >= 0.3 is 6.16 Å². The van der Waals surface area contributed by atoms with Crippen LogP contribution in [0.25, 0.3) is 21.7 Å². The standard InChI is InChI=1S/C27H22ClN3O4/c28-21-16-29-14-13-22(21)30-23-11-4-9-19-20(26(31-25(19)23)35-27(32)33)10-5-15-34-24-12-3-7-17-6-1-2-8-18(17)24/h1-4,6-9,11-14,16,31H,5,10,15H2,(H,29,30)(H,32,33). The number of carbonyl (C=O) groups is 1. The van der Waals surface area contributed by atoms with E-state index >= 15 is 0 Å². The Hall–Kier alpha value is -4.23. The van der Waals surface area contributed by atoms with Crippen LogP contribution in [0.15, 0.2) is 79.1 Å². The van der Waals surface area contributed by atoms with Crippen LogP contribution in [0.2, 0.25) is 5.02 Å². The molecule has 2 aromatic heterocycles. The third-order valence-corrected chi connectivity index (χ3v) is 6.01. The second-order valence-corrected chi connectivity index (χ2v) is 8.35. The summed E-state index contributed by atoms with van der Waals surface area (Å²) in [6, 6.07) is 21.5. The summed E-state index contributed by atoms with van der Waals surface area (Å²) in [7, 11) is 0. The lowest BCUT2D eigenvalue weighted by Gasteiger charge is -2.10. The number of aromatic nitrogens is 2. The van der Waals surface area contributed by atoms with E-state index in [0.29, 0.717) is 30.2 Å². The second-order valence-electron chi connectivity index (χ2n) is 7.94. The molecule has 0 saturated heterocycles. The normalized spacial score (nSPS) is 11.0. The Balaban J connectivity index is 1.38. The number of nitrogens with one attached hydrogen (secondary N) is 2. The number of nitrogens with zero attached hydrogens (tertiary/aromatic N) is 1. The van der Waals surface area contributed by atoms with Gasteiger partial charge in [-0.2, -0.15) is 0 Å². The van der Waals surface area contributed by atoms with E-state index in [9.17, 15) is 9.90 Å². The maximum atomic E-state index is 11.4. The minimum atomic E-state index is -1.38. The van der Waals surface area contributed by atoms with E-state index < -0.39 is 6.16 Å². The molecule has 0 fully saturated rings. The number of aromatic amines is 1. The molecule has 5 rings (SSSR count). The van der Waals surface area contributed by atoms with Crippen molar-refractivity contribution >= 4 is 50.8 Å². The third-order valence-electron chi connectivity index (χ3n) is 5.71. The van der Waals surface area contributed by atoms with Crippen LogP contribution in [-0.2, 0) is 6.42 Å². The molecule has 3 N–H and O–H groups in total. The molecule has 5 aromatic rings. The Kier molecular flexibility index (Phi) is 6.41. The van der Waals surface area contributed by atoms with Crippen LogP contribution in [-0.4, -0.2) is 27.8 Å². The van der Waals surface area contributed by atoms with Crippen molar-refractivity contribution in [2.75, 3.05) is 11.9 Å². The van der Waals surface area contributed by atoms with E-state index in [1.807, 2.05) is 48.5 Å². The van der Waals surface area contributed by atoms with Gasteiger partial charge in [-0.15, -0.1) is 0 Å². The molecule has 0 atom stereocenters. The number of benzene rings is 3. The van der Waals surface area contributed by atoms with Crippen LogP contribution in [0.1, 0.15) is 12.0 Å². The molecule has 3 aromatic carbocycles. The molecular formula is C27H22ClN3O4. The second kappa shape index (κ2) is 9.95. The Morgan fingerprint density at radius 1 is 1.00 bits per heavy atom. The van der Waals surface area contributed by atoms with Crippen molar-refractivity contribution in [1.29, 1.82) is 0 Å². The summed E-state index contributed by atoms with van der Waals surface area (Å²) in [5.74, 6) is 1.03. The fraction of sp³-hybridized carbons (Fsp3) is 0.111. The highest BCUT2D eigenvalue weighted by molar-refractivity contribution is 6.33. The van der Waals surface area contributed by atoms with E-state index in [-0.39, 0.29) is 5.88 Å². The van der Waals surface area contributed by atoms with Crippen molar-refractivity contribution in [2.24, 2.45) is 0 Å². The van der Waals surface area contributed by atoms with Gasteiger partial charge in [-0.25, -0.2) is 4.79 Å². The van der Waals surface area contributed by atoms with Gasteiger partial charge in [-0.1, -0.05) is 60.1 Å². The van der Waals surface area contributed by atoms with E-state index in [1.165, 1.54) is 0 Å². The van der Waals surface area contributed by atoms with Gasteiger partial charge in [0.25, 0.3) is 0 Å². The van der Waals surface area contributed by atoms with E-state index in [0.717, 1.165) is 38.7 Å². The Morgan fingerprint density at radius 2 is 1.80 bits per heavy atom. The molecule has 0 aliphatic rings. The summed E-state index contributed by atoms with van der Waals surface area (Å²) in [4.78, 5) is 18.5. The number of pyridine rings is 1. The highest BCUT2D eigenvalue weighted by Crippen LogP contribution is 2.36. The fourth-order valence-electron chi connectivity index (χ4n) is 4.15. The van der Waals surface area contributed by atoms with Crippen molar-refractivity contribution in [1.82, 2.24) is 9.97 Å². The van der Waals surface area contributed by atoms with Crippen LogP contribution in [0, 0.1) is 0 Å². The highest BCUT2D eigenvalue weighted by Gasteiger charge is 2.18. The molecule has 0 radical (unpaired) electrons. The van der Waals surface area contributed by atoms with Crippen LogP contribution in [0.5, 0.6) is 11.6 Å². The lowest BCUT2D eigenvalue weighted by Crippen LogP contribution is -2.06. The topological polar surface area (TPSA) is 96.5 Å². The molecule has 0 amide bonds. The van der Waals surface area contributed by atoms with Crippen molar-refractivity contribution in [3.8, 4) is 11.6 Å². The minimum absolute atomic E-state index is 0.202. The number of hydrogen-bond acceptors (Lipinski definition) is 5. The number of carboxylic acid groups (broad SMARTS) is 1. The Morgan fingerprint density at radius 3 is 2.66 bits per heavy atom. The SMILES string of the molecule is O=C(O)Oc1[nH]c2c(Nc3ccncc3Cl)cccc2c1CCCOc1cccc2ccccc12. The largest absolute Gasteiger partial charge is 0.512 e. The predicted octanol–water partition coefficient (Wildman–Crippen LogP) is 7.18. The molecule has 0 bridgehead atoms. The number of hydrogen-bond donors (Lipinski definition) is 3. The van der Waals surface area contributed by atoms with E-state index in [4.69, 9.17) is 21.1 Å². The minimum Gasteiger partial charge on any atom is -0.493 e. The molecule has 0 spiro atoms. The zero-order valence-electron chi connectivity index (χ0n) is 18.6. The number of para-hydroxylation sites is 1. The average molecular weight is 488 g/mol. The predicted molar refractivity (Wildman–Crippen MR) is 137 cm³/mol. The molecule has 0 unspecified atom stereocenters. The first-order valence-electron chi connectivity index (χ1n) is 11.1. The van der Waals surface area contributed by atoms with Gasteiger partial charge in [0.2, 0.25) is 5.88 Å². The zero-order valence-corrected chi connectivity index (χ0v) is 19.4. The maximum Gasteiger partial charge on any atom is 0.512 e. The van der Waals surface area contributed by atoms with Crippen LogP contribution in [0.3, 0.4) is 0 Å². The van der Waals surface area contributed by atoms with Gasteiger partial charge in [0.15, 0.2) is 0 Å². The van der Waals surface area contributed by atoms with E-state index in [2.05, 4.69) is 27.4 Å². The summed E-state index contributed by atoms with van der Waals surface area (Å²) in [6.07, 6.45) is 3.05. The zero-order chi connectivity index (χ0) is 24.2. The van der Waals surface area contributed by atoms with Gasteiger partial charge in [0.05, 0.1) is 28.5 Å². The number of anilines is 2. The van der Waals surface area contributed by atoms with Gasteiger partial charge in [0, 0.05) is 28.7 Å². The molecule has 0 saturated carbocycles. The number of ether oxygens (including phenoxy) is 2. The Bertz CT molecular complexity index is 1510. The molecule has 0 aliphatic heterocycles. The van der Waals surface area contributed by atoms with Crippen molar-refractivity contribution < 1.29 is 19.4 Å². The first-order chi connectivity index (χ1) is 17.1. The third kappa shape index (κ3) is 4.85. The van der Waals surface area contributed by atoms with Gasteiger partial charge in [0.1, 0.15) is 5.75 Å². The van der Waals surface area contributed by atoms with Crippen molar-refractivity contribution in [2.45, 2.75) is 12.8 Å². The summed E-state index contributed by atoms with van der Waals surface area (Å²) in [6.45, 7) is 0.470. The number of halogens is 1. The summed E-state index contributed by atoms with van der Waals surface area (Å²) in [5, 5.41) is 16.1. The maximum absolute atomic E-state index is 11.4. The summed E-state index contributed by atoms with van der Waals surface area (Å²) >= 11 is 6.25. The van der Waals surface area contributed by atoms with Gasteiger partial charge in [-0.3, -0.25) is 4.98 Å². The number of aryl methyl sites for hydroxylation is 1. The monoisotopic (exact) mass is 487 g/mol. The molecule has 7 nitrogen and oxygen atoms in total. The Labute approximate surface area is 206 Å². The molecule has 0 aliphatic carbocycles. The van der Waals surface area contributed by atoms with Crippen LogP contribution in [0.4, 0.5) is 16.2 Å². The van der Waals surface area contributed by atoms with Gasteiger partial charge in [-0.05, 0) is 36.4 Å². The van der Waals surface area contributed by atoms with E-state index in [1.54, 1.807) is 18.5 Å². The smallest absolute Gasteiger partial charge is 0.493 e. The van der Waals surface area contributed by atoms with Gasteiger partial charge < -0.3 is 24.9 Å². The molecule has 35 heavy (non-hydrogen) atoms. The quantitative estimate of drug-likeness (QED) is 0.158. The lowest BCUT2D eigenvalue weighted by atomic mass is 10.1. The van der Waals surface area contributed by atoms with Crippen molar-refractivity contribution in [3.05, 3.63) is 89.7 Å². The first kappa shape index (κ1) is 22.6. The molecule has 176 valence electrons. The fourth-order valence-corrected chi connectivity index (χ4v) is 4.32.